The molecule has 0 aliphatic heterocycles. The molecule has 1 heterocycles. The summed E-state index contributed by atoms with van der Waals surface area (Å²) in [5, 5.41) is 3.53. The van der Waals surface area contributed by atoms with Crippen LogP contribution in [0.5, 0.6) is 5.75 Å². The van der Waals surface area contributed by atoms with E-state index in [0.717, 1.165) is 41.6 Å². The van der Waals surface area contributed by atoms with E-state index >= 15 is 0 Å². The second kappa shape index (κ2) is 6.71. The Morgan fingerprint density at radius 1 is 1.37 bits per heavy atom. The first kappa shape index (κ1) is 14.1. The highest BCUT2D eigenvalue weighted by molar-refractivity contribution is 5.40. The second-order valence-corrected chi connectivity index (χ2v) is 5.33. The van der Waals surface area contributed by atoms with Gasteiger partial charge in [0.2, 0.25) is 0 Å². The number of nitrogens with one attached hydrogen (secondary N) is 1. The average Bonchev–Trinajstić information content (AvgIpc) is 2.43. The van der Waals surface area contributed by atoms with Crippen molar-refractivity contribution in [2.75, 3.05) is 13.7 Å². The maximum absolute atomic E-state index is 5.44. The lowest BCUT2D eigenvalue weighted by molar-refractivity contribution is 0.405. The van der Waals surface area contributed by atoms with Gasteiger partial charge in [-0.05, 0) is 45.6 Å². The van der Waals surface area contributed by atoms with Crippen molar-refractivity contribution in [2.24, 2.45) is 5.92 Å². The van der Waals surface area contributed by atoms with E-state index < -0.39 is 0 Å². The first-order chi connectivity index (χ1) is 9.22. The Labute approximate surface area is 116 Å². The third kappa shape index (κ3) is 3.57. The van der Waals surface area contributed by atoms with E-state index in [1.807, 2.05) is 13.1 Å². The Kier molecular flexibility index (Phi) is 4.97. The van der Waals surface area contributed by atoms with Crippen molar-refractivity contribution in [1.82, 2.24) is 10.3 Å². The van der Waals surface area contributed by atoms with E-state index in [1.165, 1.54) is 19.3 Å². The normalized spacial score (nSPS) is 18.6. The van der Waals surface area contributed by atoms with Gasteiger partial charge in [-0.15, -0.1) is 0 Å². The van der Waals surface area contributed by atoms with Gasteiger partial charge in [-0.3, -0.25) is 4.98 Å². The smallest absolute Gasteiger partial charge is 0.128 e. The summed E-state index contributed by atoms with van der Waals surface area (Å²) in [6.07, 6.45) is 10.2. The van der Waals surface area contributed by atoms with Gasteiger partial charge < -0.3 is 10.1 Å². The molecule has 1 atom stereocenters. The molecule has 3 heteroatoms. The summed E-state index contributed by atoms with van der Waals surface area (Å²) in [5.41, 5.74) is 3.34. The van der Waals surface area contributed by atoms with E-state index in [1.54, 1.807) is 7.11 Å². The molecule has 0 spiro atoms. The fourth-order valence-corrected chi connectivity index (χ4v) is 2.69. The average molecular weight is 260 g/mol. The zero-order chi connectivity index (χ0) is 13.7. The fraction of sp³-hybridized carbons (Fsp3) is 0.562. The molecule has 3 nitrogen and oxygen atoms in total. The van der Waals surface area contributed by atoms with Crippen LogP contribution < -0.4 is 10.1 Å². The highest BCUT2D eigenvalue weighted by atomic mass is 16.5. The highest BCUT2D eigenvalue weighted by Gasteiger charge is 2.11. The maximum atomic E-state index is 5.44. The van der Waals surface area contributed by atoms with Crippen LogP contribution >= 0.6 is 0 Å². The highest BCUT2D eigenvalue weighted by Crippen LogP contribution is 2.24. The lowest BCUT2D eigenvalue weighted by Gasteiger charge is -2.19. The SMILES string of the molecule is COc1c(C)cnc(CNCC2CC=CCC2)c1C. The van der Waals surface area contributed by atoms with Gasteiger partial charge in [-0.25, -0.2) is 0 Å². The predicted octanol–water partition coefficient (Wildman–Crippen LogP) is 3.15. The summed E-state index contributed by atoms with van der Waals surface area (Å²) in [6, 6.07) is 0. The van der Waals surface area contributed by atoms with E-state index in [-0.39, 0.29) is 0 Å². The van der Waals surface area contributed by atoms with E-state index in [2.05, 4.69) is 29.4 Å². The number of hydrogen-bond donors (Lipinski definition) is 1. The number of aromatic nitrogens is 1. The lowest BCUT2D eigenvalue weighted by Crippen LogP contribution is -2.24. The van der Waals surface area contributed by atoms with Crippen LogP contribution in [0, 0.1) is 19.8 Å². The number of pyridine rings is 1. The van der Waals surface area contributed by atoms with E-state index in [4.69, 9.17) is 4.74 Å². The predicted molar refractivity (Wildman–Crippen MR) is 78.5 cm³/mol. The van der Waals surface area contributed by atoms with Crippen LogP contribution in [0.3, 0.4) is 0 Å². The topological polar surface area (TPSA) is 34.1 Å². The zero-order valence-electron chi connectivity index (χ0n) is 12.2. The van der Waals surface area contributed by atoms with Crippen LogP contribution in [0.4, 0.5) is 0 Å². The van der Waals surface area contributed by atoms with Crippen molar-refractivity contribution in [3.8, 4) is 5.75 Å². The van der Waals surface area contributed by atoms with Crippen molar-refractivity contribution < 1.29 is 4.74 Å². The first-order valence-corrected chi connectivity index (χ1v) is 7.07. The van der Waals surface area contributed by atoms with Crippen molar-refractivity contribution in [3.05, 3.63) is 35.2 Å². The zero-order valence-corrected chi connectivity index (χ0v) is 12.2. The van der Waals surface area contributed by atoms with Gasteiger partial charge in [0, 0.05) is 23.9 Å². The largest absolute Gasteiger partial charge is 0.496 e. The summed E-state index contributed by atoms with van der Waals surface area (Å²) in [7, 11) is 1.72. The quantitative estimate of drug-likeness (QED) is 0.826. The minimum atomic E-state index is 0.776. The van der Waals surface area contributed by atoms with Crippen LogP contribution in [-0.2, 0) is 6.54 Å². The van der Waals surface area contributed by atoms with Gasteiger partial charge in [0.1, 0.15) is 5.75 Å². The Hall–Kier alpha value is -1.35. The monoisotopic (exact) mass is 260 g/mol. The van der Waals surface area contributed by atoms with Gasteiger partial charge in [0.15, 0.2) is 0 Å². The molecule has 0 aromatic carbocycles. The molecule has 1 aliphatic carbocycles. The molecule has 1 N–H and O–H groups in total. The van der Waals surface area contributed by atoms with Crippen LogP contribution in [-0.4, -0.2) is 18.6 Å². The van der Waals surface area contributed by atoms with Gasteiger partial charge >= 0.3 is 0 Å². The van der Waals surface area contributed by atoms with Gasteiger partial charge in [0.25, 0.3) is 0 Å². The van der Waals surface area contributed by atoms with Crippen molar-refractivity contribution in [2.45, 2.75) is 39.7 Å². The molecule has 1 aliphatic rings. The molecule has 0 saturated heterocycles. The van der Waals surface area contributed by atoms with E-state index in [9.17, 15) is 0 Å². The molecule has 0 fully saturated rings. The second-order valence-electron chi connectivity index (χ2n) is 5.33. The number of ether oxygens (including phenoxy) is 1. The Bertz CT molecular complexity index is 454. The molecule has 104 valence electrons. The molecule has 19 heavy (non-hydrogen) atoms. The van der Waals surface area contributed by atoms with Gasteiger partial charge in [-0.2, -0.15) is 0 Å². The minimum Gasteiger partial charge on any atom is -0.496 e. The van der Waals surface area contributed by atoms with Gasteiger partial charge in [-0.1, -0.05) is 12.2 Å². The summed E-state index contributed by atoms with van der Waals surface area (Å²) in [6.45, 7) is 6.01. The third-order valence-electron chi connectivity index (χ3n) is 3.85. The molecule has 0 bridgehead atoms. The number of rotatable bonds is 5. The summed E-state index contributed by atoms with van der Waals surface area (Å²) < 4.78 is 5.44. The molecule has 1 aromatic heterocycles. The minimum absolute atomic E-state index is 0.776. The number of aryl methyl sites for hydroxylation is 1. The van der Waals surface area contributed by atoms with Crippen molar-refractivity contribution in [1.29, 1.82) is 0 Å². The first-order valence-electron chi connectivity index (χ1n) is 7.07. The Balaban J connectivity index is 1.90. The maximum Gasteiger partial charge on any atom is 0.128 e. The van der Waals surface area contributed by atoms with Gasteiger partial charge in [0.05, 0.1) is 12.8 Å². The number of methoxy groups -OCH3 is 1. The molecule has 1 aromatic rings. The molecular weight excluding hydrogens is 236 g/mol. The molecule has 0 saturated carbocycles. The van der Waals surface area contributed by atoms with Crippen molar-refractivity contribution >= 4 is 0 Å². The summed E-state index contributed by atoms with van der Waals surface area (Å²) in [4.78, 5) is 4.51. The third-order valence-corrected chi connectivity index (χ3v) is 3.85. The number of allylic oxidation sites excluding steroid dienone is 2. The Morgan fingerprint density at radius 3 is 2.89 bits per heavy atom. The van der Waals surface area contributed by atoms with Crippen LogP contribution in [0.15, 0.2) is 18.3 Å². The number of hydrogen-bond acceptors (Lipinski definition) is 3. The van der Waals surface area contributed by atoms with Crippen LogP contribution in [0.2, 0.25) is 0 Å². The molecule has 0 amide bonds. The van der Waals surface area contributed by atoms with E-state index in [0.29, 0.717) is 0 Å². The standard InChI is InChI=1S/C16H24N2O/c1-12-9-18-15(13(2)16(12)19-3)11-17-10-14-7-5-4-6-8-14/h4-5,9,14,17H,6-8,10-11H2,1-3H3. The Morgan fingerprint density at radius 2 is 2.21 bits per heavy atom. The van der Waals surface area contributed by atoms with Crippen molar-refractivity contribution in [3.63, 3.8) is 0 Å². The summed E-state index contributed by atoms with van der Waals surface area (Å²) in [5.74, 6) is 1.74. The number of nitrogens with zero attached hydrogens (tertiary/aromatic N) is 1. The molecule has 2 rings (SSSR count). The van der Waals surface area contributed by atoms with Crippen LogP contribution in [0.1, 0.15) is 36.1 Å². The van der Waals surface area contributed by atoms with Crippen LogP contribution in [0.25, 0.3) is 0 Å². The lowest BCUT2D eigenvalue weighted by atomic mass is 9.94. The molecule has 1 unspecified atom stereocenters. The molecule has 0 radical (unpaired) electrons. The summed E-state index contributed by atoms with van der Waals surface area (Å²) >= 11 is 0. The molecular formula is C16H24N2O. The fourth-order valence-electron chi connectivity index (χ4n) is 2.69.